The molecule has 102 valence electrons. The van der Waals surface area contributed by atoms with Gasteiger partial charge in [-0.3, -0.25) is 4.79 Å². The topological polar surface area (TPSA) is 42.4 Å². The van der Waals surface area contributed by atoms with E-state index < -0.39 is 0 Å². The van der Waals surface area contributed by atoms with Crippen molar-refractivity contribution >= 4 is 17.7 Å². The highest BCUT2D eigenvalue weighted by atomic mass is 32.2. The summed E-state index contributed by atoms with van der Waals surface area (Å²) in [5, 5.41) is 0. The molecule has 0 radical (unpaired) electrons. The van der Waals surface area contributed by atoms with E-state index in [1.54, 1.807) is 6.20 Å². The number of aromatic nitrogens is 1. The Balaban J connectivity index is 1.62. The van der Waals surface area contributed by atoms with E-state index in [-0.39, 0.29) is 12.0 Å². The Kier molecular flexibility index (Phi) is 3.92. The molecule has 3 rings (SSSR count). The molecular weight excluding hydrogens is 260 g/mol. The summed E-state index contributed by atoms with van der Waals surface area (Å²) in [6, 6.07) is 3.64. The highest BCUT2D eigenvalue weighted by Crippen LogP contribution is 2.22. The van der Waals surface area contributed by atoms with E-state index in [2.05, 4.69) is 4.98 Å². The molecule has 2 aliphatic heterocycles. The van der Waals surface area contributed by atoms with Gasteiger partial charge in [0.2, 0.25) is 5.88 Å². The molecule has 1 aromatic heterocycles. The number of nitrogens with zero attached hydrogens (tertiary/aromatic N) is 2. The van der Waals surface area contributed by atoms with E-state index >= 15 is 0 Å². The maximum absolute atomic E-state index is 12.1. The van der Waals surface area contributed by atoms with Gasteiger partial charge in [0.1, 0.15) is 6.10 Å². The quantitative estimate of drug-likeness (QED) is 0.850. The Labute approximate surface area is 117 Å². The molecular formula is C14H18N2O2S. The van der Waals surface area contributed by atoms with Crippen LogP contribution in [-0.2, 0) is 0 Å². The van der Waals surface area contributed by atoms with Crippen molar-refractivity contribution in [3.63, 3.8) is 0 Å². The van der Waals surface area contributed by atoms with Crippen LogP contribution in [0.15, 0.2) is 18.3 Å². The molecule has 0 bridgehead atoms. The third kappa shape index (κ3) is 3.03. The fourth-order valence-electron chi connectivity index (χ4n) is 2.46. The van der Waals surface area contributed by atoms with Crippen molar-refractivity contribution in [1.82, 2.24) is 9.88 Å². The highest BCUT2D eigenvalue weighted by Gasteiger charge is 2.20. The van der Waals surface area contributed by atoms with Crippen LogP contribution in [0.4, 0.5) is 0 Å². The molecule has 0 aromatic carbocycles. The SMILES string of the molecule is O=C(c1ccc(O[C@H]2CCSC2)nc1)N1CCCC1. The number of likely N-dealkylation sites (tertiary alicyclic amines) is 1. The summed E-state index contributed by atoms with van der Waals surface area (Å²) in [5.74, 6) is 2.92. The number of thioether (sulfide) groups is 1. The van der Waals surface area contributed by atoms with Crippen LogP contribution in [0.3, 0.4) is 0 Å². The van der Waals surface area contributed by atoms with E-state index in [9.17, 15) is 4.79 Å². The molecule has 0 spiro atoms. The van der Waals surface area contributed by atoms with E-state index in [1.165, 1.54) is 0 Å². The Morgan fingerprint density at radius 1 is 1.37 bits per heavy atom. The number of ether oxygens (including phenoxy) is 1. The molecule has 1 amide bonds. The number of hydrogen-bond donors (Lipinski definition) is 0. The van der Waals surface area contributed by atoms with Crippen LogP contribution in [0.2, 0.25) is 0 Å². The monoisotopic (exact) mass is 278 g/mol. The van der Waals surface area contributed by atoms with E-state index in [4.69, 9.17) is 4.74 Å². The molecule has 0 unspecified atom stereocenters. The molecule has 4 nitrogen and oxygen atoms in total. The van der Waals surface area contributed by atoms with Crippen LogP contribution in [0.5, 0.6) is 5.88 Å². The maximum Gasteiger partial charge on any atom is 0.255 e. The number of pyridine rings is 1. The maximum atomic E-state index is 12.1. The lowest BCUT2D eigenvalue weighted by Crippen LogP contribution is -2.27. The second kappa shape index (κ2) is 5.82. The van der Waals surface area contributed by atoms with Gasteiger partial charge in [0.15, 0.2) is 0 Å². The molecule has 0 aliphatic carbocycles. The van der Waals surface area contributed by atoms with Gasteiger partial charge in [-0.1, -0.05) is 0 Å². The minimum Gasteiger partial charge on any atom is -0.473 e. The van der Waals surface area contributed by atoms with Crippen molar-refractivity contribution in [2.45, 2.75) is 25.4 Å². The summed E-state index contributed by atoms with van der Waals surface area (Å²) >= 11 is 1.91. The van der Waals surface area contributed by atoms with Crippen molar-refractivity contribution in [2.24, 2.45) is 0 Å². The Morgan fingerprint density at radius 3 is 2.84 bits per heavy atom. The van der Waals surface area contributed by atoms with Crippen molar-refractivity contribution < 1.29 is 9.53 Å². The first-order valence-corrected chi connectivity index (χ1v) is 7.98. The predicted octanol–water partition coefficient (Wildman–Crippen LogP) is 2.20. The Hall–Kier alpha value is -1.23. The summed E-state index contributed by atoms with van der Waals surface area (Å²) in [5.41, 5.74) is 0.662. The zero-order valence-corrected chi connectivity index (χ0v) is 11.7. The van der Waals surface area contributed by atoms with Crippen LogP contribution >= 0.6 is 11.8 Å². The molecule has 19 heavy (non-hydrogen) atoms. The van der Waals surface area contributed by atoms with Crippen molar-refractivity contribution in [3.8, 4) is 5.88 Å². The van der Waals surface area contributed by atoms with Crippen LogP contribution in [0.1, 0.15) is 29.6 Å². The molecule has 2 aliphatic rings. The standard InChI is InChI=1S/C14H18N2O2S/c17-14(16-6-1-2-7-16)11-3-4-13(15-9-11)18-12-5-8-19-10-12/h3-4,9,12H,1-2,5-8,10H2/t12-/m0/s1. The summed E-state index contributed by atoms with van der Waals surface area (Å²) in [7, 11) is 0. The number of carbonyl (C=O) groups is 1. The first-order chi connectivity index (χ1) is 9.33. The zero-order valence-electron chi connectivity index (χ0n) is 10.9. The molecule has 1 aromatic rings. The number of hydrogen-bond acceptors (Lipinski definition) is 4. The van der Waals surface area contributed by atoms with Crippen molar-refractivity contribution in [3.05, 3.63) is 23.9 Å². The molecule has 2 fully saturated rings. The lowest BCUT2D eigenvalue weighted by molar-refractivity contribution is 0.0792. The van der Waals surface area contributed by atoms with Crippen molar-refractivity contribution in [2.75, 3.05) is 24.6 Å². The minimum atomic E-state index is 0.0907. The van der Waals surface area contributed by atoms with Gasteiger partial charge >= 0.3 is 0 Å². The van der Waals surface area contributed by atoms with Crippen LogP contribution in [-0.4, -0.2) is 46.5 Å². The van der Waals surface area contributed by atoms with Gasteiger partial charge in [0.05, 0.1) is 5.56 Å². The van der Waals surface area contributed by atoms with Gasteiger partial charge in [-0.05, 0) is 31.1 Å². The summed E-state index contributed by atoms with van der Waals surface area (Å²) in [4.78, 5) is 18.3. The zero-order chi connectivity index (χ0) is 13.1. The first-order valence-electron chi connectivity index (χ1n) is 6.83. The average molecular weight is 278 g/mol. The summed E-state index contributed by atoms with van der Waals surface area (Å²) < 4.78 is 5.78. The van der Waals surface area contributed by atoms with Gasteiger partial charge in [-0.15, -0.1) is 0 Å². The molecule has 2 saturated heterocycles. The Morgan fingerprint density at radius 2 is 2.21 bits per heavy atom. The minimum absolute atomic E-state index is 0.0907. The second-order valence-corrected chi connectivity index (χ2v) is 6.14. The lowest BCUT2D eigenvalue weighted by atomic mass is 10.2. The number of rotatable bonds is 3. The fourth-order valence-corrected chi connectivity index (χ4v) is 3.55. The largest absolute Gasteiger partial charge is 0.473 e. The molecule has 5 heteroatoms. The van der Waals surface area contributed by atoms with Gasteiger partial charge < -0.3 is 9.64 Å². The van der Waals surface area contributed by atoms with Gasteiger partial charge in [-0.2, -0.15) is 11.8 Å². The number of amides is 1. The van der Waals surface area contributed by atoms with Crippen LogP contribution < -0.4 is 4.74 Å². The number of carbonyl (C=O) groups excluding carboxylic acids is 1. The summed E-state index contributed by atoms with van der Waals surface area (Å²) in [6.45, 7) is 1.74. The van der Waals surface area contributed by atoms with Gasteiger partial charge in [0.25, 0.3) is 5.91 Å². The van der Waals surface area contributed by atoms with Crippen LogP contribution in [0, 0.1) is 0 Å². The second-order valence-electron chi connectivity index (χ2n) is 4.99. The predicted molar refractivity (Wildman–Crippen MR) is 75.7 cm³/mol. The fraction of sp³-hybridized carbons (Fsp3) is 0.571. The van der Waals surface area contributed by atoms with E-state index in [0.29, 0.717) is 11.4 Å². The third-order valence-electron chi connectivity index (χ3n) is 3.55. The third-order valence-corrected chi connectivity index (χ3v) is 4.68. The normalized spacial score (nSPS) is 22.7. The highest BCUT2D eigenvalue weighted by molar-refractivity contribution is 7.99. The van der Waals surface area contributed by atoms with E-state index in [1.807, 2.05) is 28.8 Å². The smallest absolute Gasteiger partial charge is 0.255 e. The molecule has 0 saturated carbocycles. The molecule has 3 heterocycles. The molecule has 0 N–H and O–H groups in total. The lowest BCUT2D eigenvalue weighted by Gasteiger charge is -2.15. The average Bonchev–Trinajstić information content (AvgIpc) is 3.12. The van der Waals surface area contributed by atoms with E-state index in [0.717, 1.165) is 43.9 Å². The molecule has 1 atom stereocenters. The van der Waals surface area contributed by atoms with Gasteiger partial charge in [0, 0.05) is 31.1 Å². The van der Waals surface area contributed by atoms with Crippen LogP contribution in [0.25, 0.3) is 0 Å². The van der Waals surface area contributed by atoms with Crippen molar-refractivity contribution in [1.29, 1.82) is 0 Å². The summed E-state index contributed by atoms with van der Waals surface area (Å²) in [6.07, 6.45) is 5.22. The van der Waals surface area contributed by atoms with Gasteiger partial charge in [-0.25, -0.2) is 4.98 Å². The first kappa shape index (κ1) is 12.8. The Bertz CT molecular complexity index is 437.